The molecule has 2 heterocycles. The molecular weight excluding hydrogens is 411 g/mol. The average molecular weight is 429 g/mol. The molecule has 0 aliphatic rings. The summed E-state index contributed by atoms with van der Waals surface area (Å²) in [5.41, 5.74) is 1.21. The van der Waals surface area contributed by atoms with Crippen molar-refractivity contribution in [3.05, 3.63) is 87.6 Å². The van der Waals surface area contributed by atoms with Crippen LogP contribution in [0.2, 0.25) is 5.02 Å². The Morgan fingerprint density at radius 3 is 2.83 bits per heavy atom. The van der Waals surface area contributed by atoms with Crippen molar-refractivity contribution < 1.29 is 13.6 Å². The van der Waals surface area contributed by atoms with E-state index in [1.165, 1.54) is 10.6 Å². The first-order valence-corrected chi connectivity index (χ1v) is 9.61. The molecule has 0 aliphatic heterocycles. The Bertz CT molecular complexity index is 1280. The highest BCUT2D eigenvalue weighted by atomic mass is 35.5. The van der Waals surface area contributed by atoms with Crippen LogP contribution < -0.4 is 11.1 Å². The molecule has 7 nitrogen and oxygen atoms in total. The highest BCUT2D eigenvalue weighted by Crippen LogP contribution is 2.23. The van der Waals surface area contributed by atoms with Gasteiger partial charge >= 0.3 is 5.76 Å². The van der Waals surface area contributed by atoms with E-state index in [1.807, 2.05) is 0 Å². The Labute approximate surface area is 175 Å². The summed E-state index contributed by atoms with van der Waals surface area (Å²) in [6, 6.07) is 10.3. The van der Waals surface area contributed by atoms with Crippen LogP contribution in [-0.4, -0.2) is 20.0 Å². The van der Waals surface area contributed by atoms with Crippen molar-refractivity contribution in [1.82, 2.24) is 19.4 Å². The molecule has 0 fully saturated rings. The zero-order chi connectivity index (χ0) is 21.3. The summed E-state index contributed by atoms with van der Waals surface area (Å²) < 4.78 is 22.7. The minimum absolute atomic E-state index is 0.00740. The van der Waals surface area contributed by atoms with Crippen molar-refractivity contribution in [1.29, 1.82) is 0 Å². The normalized spacial score (nSPS) is 12.2. The second-order valence-electron chi connectivity index (χ2n) is 6.80. The van der Waals surface area contributed by atoms with E-state index in [9.17, 15) is 14.0 Å². The van der Waals surface area contributed by atoms with Crippen LogP contribution in [0.3, 0.4) is 0 Å². The van der Waals surface area contributed by atoms with Gasteiger partial charge in [0, 0.05) is 49.1 Å². The maximum atomic E-state index is 14.4. The van der Waals surface area contributed by atoms with Gasteiger partial charge in [-0.25, -0.2) is 14.2 Å². The zero-order valence-electron chi connectivity index (χ0n) is 16.0. The fraction of sp³-hybridized carbons (Fsp3) is 0.190. The van der Waals surface area contributed by atoms with Crippen molar-refractivity contribution >= 4 is 28.6 Å². The van der Waals surface area contributed by atoms with Crippen LogP contribution in [0, 0.1) is 5.82 Å². The summed E-state index contributed by atoms with van der Waals surface area (Å²) in [4.78, 5) is 29.1. The monoisotopic (exact) mass is 428 g/mol. The lowest BCUT2D eigenvalue weighted by Gasteiger charge is -2.19. The first-order chi connectivity index (χ1) is 14.4. The fourth-order valence-electron chi connectivity index (χ4n) is 3.34. The van der Waals surface area contributed by atoms with E-state index in [0.29, 0.717) is 27.5 Å². The Morgan fingerprint density at radius 2 is 2.10 bits per heavy atom. The lowest BCUT2D eigenvalue weighted by atomic mass is 10.1. The predicted molar refractivity (Wildman–Crippen MR) is 110 cm³/mol. The molecule has 0 radical (unpaired) electrons. The van der Waals surface area contributed by atoms with E-state index >= 15 is 0 Å². The first kappa shape index (κ1) is 19.9. The summed E-state index contributed by atoms with van der Waals surface area (Å²) in [5.74, 6) is -0.884. The summed E-state index contributed by atoms with van der Waals surface area (Å²) in [7, 11) is 1.77. The molecule has 1 atom stereocenters. The topological polar surface area (TPSA) is 82.1 Å². The number of aromatic nitrogens is 3. The van der Waals surface area contributed by atoms with E-state index < -0.39 is 17.6 Å². The fourth-order valence-corrected chi connectivity index (χ4v) is 3.51. The Morgan fingerprint density at radius 1 is 1.30 bits per heavy atom. The number of rotatable bonds is 6. The number of amides is 1. The molecule has 2 aromatic heterocycles. The standard InChI is InChI=1S/C21H18ClFN4O3/c1-26-11-9-24-20(26)19(14-4-2-3-5-15(14)23)25-18(28)8-10-27-16-7-6-13(22)12-17(16)30-21(27)29/h2-7,9,11-12,19H,8,10H2,1H3,(H,25,28)/t19-/m0/s1. The van der Waals surface area contributed by atoms with Gasteiger partial charge in [0.05, 0.1) is 5.52 Å². The second kappa shape index (κ2) is 8.16. The summed E-state index contributed by atoms with van der Waals surface area (Å²) in [6.07, 6.45) is 3.29. The number of benzene rings is 2. The molecule has 1 amide bonds. The molecule has 0 saturated carbocycles. The smallest absolute Gasteiger partial charge is 0.408 e. The van der Waals surface area contributed by atoms with Crippen molar-refractivity contribution in [2.75, 3.05) is 0 Å². The van der Waals surface area contributed by atoms with Crippen LogP contribution in [0.5, 0.6) is 0 Å². The van der Waals surface area contributed by atoms with Gasteiger partial charge in [-0.3, -0.25) is 9.36 Å². The number of imidazole rings is 1. The highest BCUT2D eigenvalue weighted by molar-refractivity contribution is 6.31. The largest absolute Gasteiger partial charge is 0.419 e. The minimum Gasteiger partial charge on any atom is -0.408 e. The number of carbonyl (C=O) groups is 1. The van der Waals surface area contributed by atoms with Crippen LogP contribution >= 0.6 is 11.6 Å². The van der Waals surface area contributed by atoms with Gasteiger partial charge in [0.25, 0.3) is 0 Å². The number of nitrogens with one attached hydrogen (secondary N) is 1. The van der Waals surface area contributed by atoms with Crippen LogP contribution in [-0.2, 0) is 18.4 Å². The van der Waals surface area contributed by atoms with Crippen molar-refractivity contribution in [3.63, 3.8) is 0 Å². The number of hydrogen-bond acceptors (Lipinski definition) is 4. The van der Waals surface area contributed by atoms with Crippen LogP contribution in [0.15, 0.2) is 64.1 Å². The molecule has 0 unspecified atom stereocenters. The Hall–Kier alpha value is -3.39. The average Bonchev–Trinajstić information content (AvgIpc) is 3.27. The van der Waals surface area contributed by atoms with Gasteiger partial charge in [0.2, 0.25) is 5.91 Å². The van der Waals surface area contributed by atoms with Gasteiger partial charge < -0.3 is 14.3 Å². The van der Waals surface area contributed by atoms with E-state index in [2.05, 4.69) is 10.3 Å². The van der Waals surface area contributed by atoms with E-state index in [1.54, 1.807) is 60.4 Å². The third kappa shape index (κ3) is 3.86. The van der Waals surface area contributed by atoms with Gasteiger partial charge in [-0.15, -0.1) is 0 Å². The van der Waals surface area contributed by atoms with Crippen LogP contribution in [0.4, 0.5) is 4.39 Å². The van der Waals surface area contributed by atoms with Crippen molar-refractivity contribution in [2.45, 2.75) is 19.0 Å². The lowest BCUT2D eigenvalue weighted by molar-refractivity contribution is -0.121. The SMILES string of the molecule is Cn1ccnc1[C@@H](NC(=O)CCn1c(=O)oc2cc(Cl)ccc21)c1ccccc1F. The van der Waals surface area contributed by atoms with Crippen LogP contribution in [0.1, 0.15) is 23.9 Å². The summed E-state index contributed by atoms with van der Waals surface area (Å²) >= 11 is 5.92. The quantitative estimate of drug-likeness (QED) is 0.510. The second-order valence-corrected chi connectivity index (χ2v) is 7.24. The molecule has 154 valence electrons. The molecule has 4 rings (SSSR count). The molecule has 0 spiro atoms. The molecule has 0 bridgehead atoms. The minimum atomic E-state index is -0.768. The number of hydrogen-bond donors (Lipinski definition) is 1. The maximum absolute atomic E-state index is 14.4. The third-order valence-corrected chi connectivity index (χ3v) is 5.07. The molecule has 4 aromatic rings. The van der Waals surface area contributed by atoms with Gasteiger partial charge in [0.15, 0.2) is 5.58 Å². The number of aryl methyl sites for hydroxylation is 2. The van der Waals surface area contributed by atoms with Gasteiger partial charge in [0.1, 0.15) is 17.7 Å². The highest BCUT2D eigenvalue weighted by Gasteiger charge is 2.23. The number of carbonyl (C=O) groups excluding carboxylic acids is 1. The molecule has 0 aliphatic carbocycles. The number of fused-ring (bicyclic) bond motifs is 1. The third-order valence-electron chi connectivity index (χ3n) is 4.83. The van der Waals surface area contributed by atoms with Crippen LogP contribution in [0.25, 0.3) is 11.1 Å². The molecule has 1 N–H and O–H groups in total. The van der Waals surface area contributed by atoms with E-state index in [-0.39, 0.29) is 18.9 Å². The molecule has 30 heavy (non-hydrogen) atoms. The van der Waals surface area contributed by atoms with Gasteiger partial charge in [-0.05, 0) is 18.2 Å². The van der Waals surface area contributed by atoms with Gasteiger partial charge in [-0.2, -0.15) is 0 Å². The van der Waals surface area contributed by atoms with E-state index in [4.69, 9.17) is 16.0 Å². The number of nitrogens with zero attached hydrogens (tertiary/aromatic N) is 3. The Balaban J connectivity index is 1.56. The molecule has 2 aromatic carbocycles. The molecular formula is C21H18ClFN4O3. The maximum Gasteiger partial charge on any atom is 0.419 e. The lowest BCUT2D eigenvalue weighted by Crippen LogP contribution is -2.32. The van der Waals surface area contributed by atoms with E-state index in [0.717, 1.165) is 0 Å². The first-order valence-electron chi connectivity index (χ1n) is 9.24. The Kier molecular flexibility index (Phi) is 5.41. The predicted octanol–water partition coefficient (Wildman–Crippen LogP) is 3.42. The summed E-state index contributed by atoms with van der Waals surface area (Å²) in [5, 5.41) is 3.28. The van der Waals surface area contributed by atoms with Crippen molar-refractivity contribution in [3.8, 4) is 0 Å². The molecule has 9 heteroatoms. The zero-order valence-corrected chi connectivity index (χ0v) is 16.8. The van der Waals surface area contributed by atoms with Crippen molar-refractivity contribution in [2.24, 2.45) is 7.05 Å². The van der Waals surface area contributed by atoms with Gasteiger partial charge in [-0.1, -0.05) is 29.8 Å². The number of halogens is 2. The summed E-state index contributed by atoms with van der Waals surface area (Å²) in [6.45, 7) is 0.101. The molecule has 0 saturated heterocycles. The number of oxazole rings is 1.